The zero-order chi connectivity index (χ0) is 29.7. The molecule has 8 nitrogen and oxygen atoms in total. The first-order chi connectivity index (χ1) is 19.5. The van der Waals surface area contributed by atoms with E-state index < -0.39 is 17.9 Å². The molecule has 0 radical (unpaired) electrons. The lowest BCUT2D eigenvalue weighted by Crippen LogP contribution is -2.49. The first-order valence-electron chi connectivity index (χ1n) is 13.2. The Morgan fingerprint density at radius 1 is 1.10 bits per heavy atom. The van der Waals surface area contributed by atoms with Crippen LogP contribution >= 0.6 is 23.2 Å². The van der Waals surface area contributed by atoms with Gasteiger partial charge in [-0.1, -0.05) is 36.2 Å². The van der Waals surface area contributed by atoms with Gasteiger partial charge in [0.05, 0.1) is 28.3 Å². The van der Waals surface area contributed by atoms with E-state index in [2.05, 4.69) is 15.5 Å². The second-order valence-corrected chi connectivity index (χ2v) is 11.2. The maximum Gasteiger partial charge on any atom is 0.323 e. The predicted octanol–water partition coefficient (Wildman–Crippen LogP) is 6.13. The van der Waals surface area contributed by atoms with Gasteiger partial charge in [-0.05, 0) is 74.1 Å². The number of likely N-dealkylation sites (N-methyl/N-ethyl adjacent to an activating group) is 1. The standard InChI is InChI=1S/C30H33Cl2FN4O4/c1-18-14-37(19(2)17-38)29(39)24-13-23(35-30(40)34-22-7-5-21(33)6-8-22)9-11-27(24)41-28(18)16-36(3)15-20-4-10-25(31)26(32)12-20/h4-13,18-19,28,38H,14-17H2,1-3H3,(H2,34,35,40)/t18-,19+,28+/m1/s1. The van der Waals surface area contributed by atoms with Crippen LogP contribution in [0.2, 0.25) is 10.0 Å². The minimum Gasteiger partial charge on any atom is -0.488 e. The van der Waals surface area contributed by atoms with Crippen molar-refractivity contribution < 1.29 is 23.8 Å². The van der Waals surface area contributed by atoms with Crippen molar-refractivity contribution in [1.82, 2.24) is 9.80 Å². The van der Waals surface area contributed by atoms with Crippen LogP contribution in [0.15, 0.2) is 60.7 Å². The van der Waals surface area contributed by atoms with Crippen LogP contribution in [-0.2, 0) is 6.54 Å². The van der Waals surface area contributed by atoms with Gasteiger partial charge in [-0.3, -0.25) is 9.69 Å². The van der Waals surface area contributed by atoms with E-state index in [0.29, 0.717) is 46.8 Å². The average Bonchev–Trinajstić information content (AvgIpc) is 2.93. The molecule has 218 valence electrons. The number of aliphatic hydroxyl groups is 1. The molecule has 1 aliphatic heterocycles. The molecule has 0 spiro atoms. The zero-order valence-electron chi connectivity index (χ0n) is 23.0. The summed E-state index contributed by atoms with van der Waals surface area (Å²) in [7, 11) is 1.98. The number of hydrogen-bond acceptors (Lipinski definition) is 5. The third kappa shape index (κ3) is 7.89. The predicted molar refractivity (Wildman–Crippen MR) is 159 cm³/mol. The van der Waals surface area contributed by atoms with E-state index in [1.165, 1.54) is 24.3 Å². The maximum absolute atomic E-state index is 13.7. The minimum atomic E-state index is -0.549. The molecule has 3 N–H and O–H groups in total. The topological polar surface area (TPSA) is 94.1 Å². The third-order valence-electron chi connectivity index (χ3n) is 6.95. The van der Waals surface area contributed by atoms with Gasteiger partial charge in [-0.25, -0.2) is 9.18 Å². The first kappa shape index (κ1) is 30.6. The number of ether oxygens (including phenoxy) is 1. The molecule has 0 saturated heterocycles. The van der Waals surface area contributed by atoms with Crippen molar-refractivity contribution in [2.45, 2.75) is 32.5 Å². The molecular weight excluding hydrogens is 570 g/mol. The summed E-state index contributed by atoms with van der Waals surface area (Å²) in [5, 5.41) is 16.2. The van der Waals surface area contributed by atoms with Crippen molar-refractivity contribution >= 4 is 46.5 Å². The Hall–Kier alpha value is -3.37. The summed E-state index contributed by atoms with van der Waals surface area (Å²) in [4.78, 5) is 30.0. The molecular formula is C30H33Cl2FN4O4. The van der Waals surface area contributed by atoms with Crippen molar-refractivity contribution in [3.8, 4) is 5.75 Å². The number of aliphatic hydroxyl groups excluding tert-OH is 1. The van der Waals surface area contributed by atoms with Crippen LogP contribution in [0, 0.1) is 11.7 Å². The van der Waals surface area contributed by atoms with Gasteiger partial charge in [-0.15, -0.1) is 0 Å². The number of carbonyl (C=O) groups excluding carboxylic acids is 2. The summed E-state index contributed by atoms with van der Waals surface area (Å²) >= 11 is 12.3. The van der Waals surface area contributed by atoms with E-state index in [0.717, 1.165) is 5.56 Å². The van der Waals surface area contributed by atoms with Crippen LogP contribution in [0.25, 0.3) is 0 Å². The van der Waals surface area contributed by atoms with Gasteiger partial charge in [0.2, 0.25) is 0 Å². The number of urea groups is 1. The Morgan fingerprint density at radius 3 is 2.46 bits per heavy atom. The number of fused-ring (bicyclic) bond motifs is 1. The van der Waals surface area contributed by atoms with Crippen molar-refractivity contribution in [3.63, 3.8) is 0 Å². The van der Waals surface area contributed by atoms with Crippen LogP contribution in [0.1, 0.15) is 29.8 Å². The fourth-order valence-corrected chi connectivity index (χ4v) is 4.99. The molecule has 1 heterocycles. The smallest absolute Gasteiger partial charge is 0.323 e. The van der Waals surface area contributed by atoms with Gasteiger partial charge >= 0.3 is 6.03 Å². The summed E-state index contributed by atoms with van der Waals surface area (Å²) < 4.78 is 19.6. The van der Waals surface area contributed by atoms with E-state index in [4.69, 9.17) is 27.9 Å². The highest BCUT2D eigenvalue weighted by molar-refractivity contribution is 6.42. The van der Waals surface area contributed by atoms with E-state index in [1.54, 1.807) is 36.1 Å². The van der Waals surface area contributed by atoms with Crippen molar-refractivity contribution in [2.24, 2.45) is 5.92 Å². The second kappa shape index (κ2) is 13.5. The molecule has 3 atom stereocenters. The highest BCUT2D eigenvalue weighted by Gasteiger charge is 2.33. The number of nitrogens with zero attached hydrogens (tertiary/aromatic N) is 2. The molecule has 4 rings (SSSR count). The fraction of sp³-hybridized carbons (Fsp3) is 0.333. The number of rotatable bonds is 8. The minimum absolute atomic E-state index is 0.0587. The summed E-state index contributed by atoms with van der Waals surface area (Å²) in [6, 6.07) is 14.8. The van der Waals surface area contributed by atoms with Crippen LogP contribution < -0.4 is 15.4 Å². The Bertz CT molecular complexity index is 1390. The largest absolute Gasteiger partial charge is 0.488 e. The molecule has 11 heteroatoms. The number of amides is 3. The summed E-state index contributed by atoms with van der Waals surface area (Å²) in [5.74, 6) is -0.393. The molecule has 3 aromatic rings. The number of anilines is 2. The molecule has 0 saturated carbocycles. The third-order valence-corrected chi connectivity index (χ3v) is 7.69. The van der Waals surface area contributed by atoms with Gasteiger partial charge < -0.3 is 25.4 Å². The molecule has 1 aliphatic rings. The second-order valence-electron chi connectivity index (χ2n) is 10.4. The normalized spacial score (nSPS) is 17.8. The zero-order valence-corrected chi connectivity index (χ0v) is 24.5. The van der Waals surface area contributed by atoms with E-state index in [9.17, 15) is 19.1 Å². The molecule has 0 unspecified atom stereocenters. The summed E-state index contributed by atoms with van der Waals surface area (Å²) in [6.07, 6.45) is -0.288. The SMILES string of the molecule is C[C@@H]1CN([C@@H](C)CO)C(=O)c2cc(NC(=O)Nc3ccc(F)cc3)ccc2O[C@H]1CN(C)Cc1ccc(Cl)c(Cl)c1. The molecule has 0 aromatic heterocycles. The quantitative estimate of drug-likeness (QED) is 0.288. The maximum atomic E-state index is 13.7. The number of benzene rings is 3. The molecule has 3 amide bonds. The van der Waals surface area contributed by atoms with Gasteiger partial charge in [-0.2, -0.15) is 0 Å². The van der Waals surface area contributed by atoms with Crippen LogP contribution in [0.4, 0.5) is 20.6 Å². The number of carbonyl (C=O) groups is 2. The molecule has 0 bridgehead atoms. The van der Waals surface area contributed by atoms with Gasteiger partial charge in [0.25, 0.3) is 5.91 Å². The Kier molecular flexibility index (Phi) is 10.1. The van der Waals surface area contributed by atoms with Crippen LogP contribution in [0.5, 0.6) is 5.75 Å². The van der Waals surface area contributed by atoms with Gasteiger partial charge in [0.15, 0.2) is 0 Å². The monoisotopic (exact) mass is 602 g/mol. The van der Waals surface area contributed by atoms with Gasteiger partial charge in [0, 0.05) is 36.9 Å². The lowest BCUT2D eigenvalue weighted by Gasteiger charge is -2.38. The Morgan fingerprint density at radius 2 is 1.78 bits per heavy atom. The van der Waals surface area contributed by atoms with E-state index in [1.807, 2.05) is 26.1 Å². The molecule has 41 heavy (non-hydrogen) atoms. The number of halogens is 3. The lowest BCUT2D eigenvalue weighted by atomic mass is 9.99. The highest BCUT2D eigenvalue weighted by Crippen LogP contribution is 2.31. The average molecular weight is 604 g/mol. The summed E-state index contributed by atoms with van der Waals surface area (Å²) in [6.45, 7) is 5.14. The molecule has 3 aromatic carbocycles. The number of nitrogens with one attached hydrogen (secondary N) is 2. The van der Waals surface area contributed by atoms with Crippen molar-refractivity contribution in [1.29, 1.82) is 0 Å². The lowest BCUT2D eigenvalue weighted by molar-refractivity contribution is 0.0341. The number of hydrogen-bond donors (Lipinski definition) is 3. The fourth-order valence-electron chi connectivity index (χ4n) is 4.67. The van der Waals surface area contributed by atoms with E-state index >= 15 is 0 Å². The Labute approximate surface area is 249 Å². The Balaban J connectivity index is 1.55. The highest BCUT2D eigenvalue weighted by atomic mass is 35.5. The molecule has 0 aliphatic carbocycles. The summed E-state index contributed by atoms with van der Waals surface area (Å²) in [5.41, 5.74) is 2.06. The van der Waals surface area contributed by atoms with Crippen molar-refractivity contribution in [3.05, 3.63) is 87.7 Å². The van der Waals surface area contributed by atoms with E-state index in [-0.39, 0.29) is 30.1 Å². The van der Waals surface area contributed by atoms with Gasteiger partial charge in [0.1, 0.15) is 17.7 Å². The van der Waals surface area contributed by atoms with Crippen LogP contribution in [-0.4, -0.2) is 65.7 Å². The van der Waals surface area contributed by atoms with Crippen molar-refractivity contribution in [2.75, 3.05) is 37.4 Å². The molecule has 0 fully saturated rings. The first-order valence-corrected chi connectivity index (χ1v) is 14.0. The van der Waals surface area contributed by atoms with Crippen LogP contribution in [0.3, 0.4) is 0 Å².